The molecule has 0 bridgehead atoms. The van der Waals surface area contributed by atoms with Gasteiger partial charge in [0.15, 0.2) is 0 Å². The Morgan fingerprint density at radius 3 is 2.46 bits per heavy atom. The molecule has 2 fully saturated rings. The van der Waals surface area contributed by atoms with Crippen LogP contribution in [0, 0.1) is 0 Å². The van der Waals surface area contributed by atoms with Crippen LogP contribution in [0.15, 0.2) is 58.3 Å². The van der Waals surface area contributed by atoms with Crippen LogP contribution in [0.2, 0.25) is 0 Å². The van der Waals surface area contributed by atoms with Crippen molar-refractivity contribution in [1.82, 2.24) is 4.90 Å². The van der Waals surface area contributed by atoms with E-state index in [4.69, 9.17) is 4.74 Å². The summed E-state index contributed by atoms with van der Waals surface area (Å²) in [7, 11) is 0. The number of hydrogen-bond acceptors (Lipinski definition) is 5. The molecule has 1 amide bonds. The molecule has 2 aromatic carbocycles. The van der Waals surface area contributed by atoms with Gasteiger partial charge in [-0.15, -0.1) is 0 Å². The lowest BCUT2D eigenvalue weighted by Crippen LogP contribution is -2.58. The minimum absolute atomic E-state index is 0.0599. The van der Waals surface area contributed by atoms with Gasteiger partial charge in [-0.05, 0) is 43.5 Å². The molecule has 5 nitrogen and oxygen atoms in total. The summed E-state index contributed by atoms with van der Waals surface area (Å²) in [6.07, 6.45) is 2.05. The predicted molar refractivity (Wildman–Crippen MR) is 109 cm³/mol. The van der Waals surface area contributed by atoms with E-state index < -0.39 is 11.7 Å². The number of ether oxygens (including phenoxy) is 1. The minimum Gasteiger partial charge on any atom is -0.390 e. The van der Waals surface area contributed by atoms with E-state index in [9.17, 15) is 9.90 Å². The number of likely N-dealkylation sites (tertiary alicyclic amines) is 1. The van der Waals surface area contributed by atoms with Crippen LogP contribution >= 0.6 is 11.8 Å². The summed E-state index contributed by atoms with van der Waals surface area (Å²) in [5.41, 5.74) is 1.40. The Labute approximate surface area is 169 Å². The Kier molecular flexibility index (Phi) is 4.67. The van der Waals surface area contributed by atoms with Crippen LogP contribution in [-0.2, 0) is 9.53 Å². The summed E-state index contributed by atoms with van der Waals surface area (Å²) >= 11 is 1.70. The molecule has 3 aliphatic rings. The maximum atomic E-state index is 13.4. The smallest absolute Gasteiger partial charge is 0.245 e. The van der Waals surface area contributed by atoms with Crippen molar-refractivity contribution < 1.29 is 14.6 Å². The number of piperidine rings is 1. The fraction of sp³-hybridized carbons (Fsp3) is 0.409. The number of aliphatic hydroxyl groups excluding tert-OH is 1. The summed E-state index contributed by atoms with van der Waals surface area (Å²) < 4.78 is 5.94. The highest BCUT2D eigenvalue weighted by Gasteiger charge is 2.46. The third kappa shape index (κ3) is 3.05. The number of carbonyl (C=O) groups is 1. The number of fused-ring (bicyclic) bond motifs is 2. The van der Waals surface area contributed by atoms with Gasteiger partial charge in [0.1, 0.15) is 5.60 Å². The second kappa shape index (κ2) is 7.19. The number of amides is 1. The Bertz CT molecular complexity index is 851. The zero-order chi connectivity index (χ0) is 19.1. The molecule has 0 aliphatic carbocycles. The standard InChI is InChI=1S/C22H24N2O3S/c25-20-10-12-23(15-22(20)11-5-13-27-22)14-21(26)24-16-6-1-3-8-18(16)28-19-9-4-2-7-17(19)24/h1-4,6-9,20,25H,5,10-15H2/t20-,22-/m0/s1. The van der Waals surface area contributed by atoms with Crippen LogP contribution < -0.4 is 4.90 Å². The molecule has 1 spiro atoms. The number of carbonyl (C=O) groups excluding carboxylic acids is 1. The second-order valence-corrected chi connectivity index (χ2v) is 8.88. The van der Waals surface area contributed by atoms with Gasteiger partial charge in [-0.1, -0.05) is 36.0 Å². The topological polar surface area (TPSA) is 53.0 Å². The number of para-hydroxylation sites is 2. The fourth-order valence-electron chi connectivity index (χ4n) is 4.61. The highest BCUT2D eigenvalue weighted by molar-refractivity contribution is 7.99. The molecule has 146 valence electrons. The average molecular weight is 397 g/mol. The molecule has 0 saturated carbocycles. The van der Waals surface area contributed by atoms with Crippen molar-refractivity contribution in [1.29, 1.82) is 0 Å². The highest BCUT2D eigenvalue weighted by Crippen LogP contribution is 2.48. The van der Waals surface area contributed by atoms with E-state index in [1.807, 2.05) is 41.3 Å². The van der Waals surface area contributed by atoms with Gasteiger partial charge >= 0.3 is 0 Å². The molecule has 2 saturated heterocycles. The van der Waals surface area contributed by atoms with E-state index >= 15 is 0 Å². The van der Waals surface area contributed by atoms with E-state index in [1.54, 1.807) is 11.8 Å². The summed E-state index contributed by atoms with van der Waals surface area (Å²) in [4.78, 5) is 19.6. The van der Waals surface area contributed by atoms with Crippen LogP contribution in [-0.4, -0.2) is 53.9 Å². The lowest BCUT2D eigenvalue weighted by Gasteiger charge is -2.43. The van der Waals surface area contributed by atoms with Crippen molar-refractivity contribution in [2.24, 2.45) is 0 Å². The first-order valence-electron chi connectivity index (χ1n) is 9.90. The minimum atomic E-state index is -0.494. The number of rotatable bonds is 2. The lowest BCUT2D eigenvalue weighted by molar-refractivity contribution is -0.137. The van der Waals surface area contributed by atoms with Gasteiger partial charge in [-0.2, -0.15) is 0 Å². The summed E-state index contributed by atoms with van der Waals surface area (Å²) in [6.45, 7) is 2.35. The monoisotopic (exact) mass is 396 g/mol. The number of anilines is 2. The number of benzene rings is 2. The first kappa shape index (κ1) is 18.2. The average Bonchev–Trinajstić information content (AvgIpc) is 3.18. The van der Waals surface area contributed by atoms with Crippen molar-refractivity contribution in [3.8, 4) is 0 Å². The van der Waals surface area contributed by atoms with Gasteiger partial charge in [-0.25, -0.2) is 0 Å². The van der Waals surface area contributed by atoms with Crippen molar-refractivity contribution in [2.75, 3.05) is 31.1 Å². The van der Waals surface area contributed by atoms with Crippen molar-refractivity contribution in [3.05, 3.63) is 48.5 Å². The first-order valence-corrected chi connectivity index (χ1v) is 10.7. The van der Waals surface area contributed by atoms with Crippen LogP contribution in [0.1, 0.15) is 19.3 Å². The summed E-state index contributed by atoms with van der Waals surface area (Å²) in [5, 5.41) is 10.5. The van der Waals surface area contributed by atoms with Crippen LogP contribution in [0.4, 0.5) is 11.4 Å². The Hall–Kier alpha value is -1.86. The van der Waals surface area contributed by atoms with E-state index in [-0.39, 0.29) is 5.91 Å². The molecule has 3 aliphatic heterocycles. The number of aliphatic hydroxyl groups is 1. The Morgan fingerprint density at radius 1 is 1.14 bits per heavy atom. The van der Waals surface area contributed by atoms with Gasteiger partial charge in [0.25, 0.3) is 0 Å². The molecular formula is C22H24N2O3S. The maximum Gasteiger partial charge on any atom is 0.245 e. The largest absolute Gasteiger partial charge is 0.390 e. The van der Waals surface area contributed by atoms with Gasteiger partial charge in [0.2, 0.25) is 5.91 Å². The molecule has 0 unspecified atom stereocenters. The van der Waals surface area contributed by atoms with Gasteiger partial charge in [0.05, 0.1) is 24.0 Å². The second-order valence-electron chi connectivity index (χ2n) is 7.80. The normalized spacial score (nSPS) is 26.9. The molecule has 2 atom stereocenters. The van der Waals surface area contributed by atoms with E-state index in [0.29, 0.717) is 32.7 Å². The van der Waals surface area contributed by atoms with E-state index in [1.165, 1.54) is 0 Å². The number of nitrogens with zero attached hydrogens (tertiary/aromatic N) is 2. The van der Waals surface area contributed by atoms with E-state index in [2.05, 4.69) is 17.0 Å². The van der Waals surface area contributed by atoms with Crippen LogP contribution in [0.3, 0.4) is 0 Å². The highest BCUT2D eigenvalue weighted by atomic mass is 32.2. The maximum absolute atomic E-state index is 13.4. The van der Waals surface area contributed by atoms with Crippen LogP contribution in [0.5, 0.6) is 0 Å². The molecule has 1 N–H and O–H groups in total. The van der Waals surface area contributed by atoms with Crippen molar-refractivity contribution in [3.63, 3.8) is 0 Å². The Balaban J connectivity index is 1.41. The fourth-order valence-corrected chi connectivity index (χ4v) is 5.67. The quantitative estimate of drug-likeness (QED) is 0.843. The van der Waals surface area contributed by atoms with Gasteiger partial charge in [0, 0.05) is 29.5 Å². The number of hydrogen-bond donors (Lipinski definition) is 1. The van der Waals surface area contributed by atoms with Crippen molar-refractivity contribution in [2.45, 2.75) is 40.8 Å². The third-order valence-corrected chi connectivity index (χ3v) is 7.12. The summed E-state index contributed by atoms with van der Waals surface area (Å²) in [6, 6.07) is 16.1. The van der Waals surface area contributed by atoms with E-state index in [0.717, 1.165) is 34.0 Å². The molecule has 2 aromatic rings. The lowest BCUT2D eigenvalue weighted by atomic mass is 9.87. The third-order valence-electron chi connectivity index (χ3n) is 5.99. The zero-order valence-electron chi connectivity index (χ0n) is 15.7. The predicted octanol–water partition coefficient (Wildman–Crippen LogP) is 3.43. The van der Waals surface area contributed by atoms with Crippen LogP contribution in [0.25, 0.3) is 0 Å². The zero-order valence-corrected chi connectivity index (χ0v) is 16.5. The molecule has 3 heterocycles. The Morgan fingerprint density at radius 2 is 1.82 bits per heavy atom. The molecule has 0 radical (unpaired) electrons. The molecule has 28 heavy (non-hydrogen) atoms. The molecular weight excluding hydrogens is 372 g/mol. The van der Waals surface area contributed by atoms with Crippen molar-refractivity contribution >= 4 is 29.0 Å². The molecule has 0 aromatic heterocycles. The molecule has 5 rings (SSSR count). The first-order chi connectivity index (χ1) is 13.7. The SMILES string of the molecule is O=C(CN1CC[C@H](O)[C@]2(CCCO2)C1)N1c2ccccc2Sc2ccccc21. The molecule has 6 heteroatoms. The van der Waals surface area contributed by atoms with Gasteiger partial charge < -0.3 is 9.84 Å². The van der Waals surface area contributed by atoms with Gasteiger partial charge in [-0.3, -0.25) is 14.6 Å². The summed E-state index contributed by atoms with van der Waals surface area (Å²) in [5.74, 6) is 0.0599.